The maximum Gasteiger partial charge on any atom is 0.259 e. The number of carbonyl (C=O) groups excluding carboxylic acids is 1. The molecule has 1 aromatic carbocycles. The molecule has 4 nitrogen and oxygen atoms in total. The maximum atomic E-state index is 11.3. The fourth-order valence-electron chi connectivity index (χ4n) is 1.05. The van der Waals surface area contributed by atoms with Crippen LogP contribution in [0.2, 0.25) is 5.02 Å². The van der Waals surface area contributed by atoms with E-state index in [4.69, 9.17) is 22.1 Å². The first kappa shape index (κ1) is 12.6. The van der Waals surface area contributed by atoms with Gasteiger partial charge in [-0.2, -0.15) is 0 Å². The Morgan fingerprint density at radius 3 is 2.69 bits per heavy atom. The minimum Gasteiger partial charge on any atom is -0.482 e. The van der Waals surface area contributed by atoms with Crippen LogP contribution in [-0.2, 0) is 4.79 Å². The minimum absolute atomic E-state index is 0.0464. The van der Waals surface area contributed by atoms with E-state index in [9.17, 15) is 4.79 Å². The van der Waals surface area contributed by atoms with Gasteiger partial charge in [-0.05, 0) is 18.6 Å². The number of hydrogen-bond donors (Lipinski definition) is 1. The fourth-order valence-corrected chi connectivity index (χ4v) is 1.32. The van der Waals surface area contributed by atoms with Crippen molar-refractivity contribution in [3.05, 3.63) is 22.7 Å². The molecule has 1 amide bonds. The number of amides is 1. The molecule has 88 valence electrons. The van der Waals surface area contributed by atoms with Crippen molar-refractivity contribution in [1.29, 1.82) is 0 Å². The van der Waals surface area contributed by atoms with Crippen LogP contribution in [0.1, 0.15) is 5.56 Å². The standard InChI is InChI=1S/C11H15ClN2O2/c1-7-4-8(12)10(5-9(7)13)16-6-11(15)14(2)3/h4-5H,6,13H2,1-3H3. The Labute approximate surface area is 99.9 Å². The number of rotatable bonds is 3. The van der Waals surface area contributed by atoms with Gasteiger partial charge in [0.05, 0.1) is 5.02 Å². The highest BCUT2D eigenvalue weighted by atomic mass is 35.5. The van der Waals surface area contributed by atoms with Gasteiger partial charge in [0.25, 0.3) is 5.91 Å². The highest BCUT2D eigenvalue weighted by Gasteiger charge is 2.09. The minimum atomic E-state index is -0.129. The molecule has 5 heteroatoms. The van der Waals surface area contributed by atoms with E-state index in [0.29, 0.717) is 16.5 Å². The number of carbonyl (C=O) groups is 1. The lowest BCUT2D eigenvalue weighted by molar-refractivity contribution is -0.130. The van der Waals surface area contributed by atoms with Crippen molar-refractivity contribution in [2.45, 2.75) is 6.92 Å². The number of ether oxygens (including phenoxy) is 1. The van der Waals surface area contributed by atoms with Crippen LogP contribution in [0.15, 0.2) is 12.1 Å². The van der Waals surface area contributed by atoms with Gasteiger partial charge in [-0.25, -0.2) is 0 Å². The van der Waals surface area contributed by atoms with E-state index in [1.807, 2.05) is 6.92 Å². The molecule has 0 saturated carbocycles. The summed E-state index contributed by atoms with van der Waals surface area (Å²) in [7, 11) is 3.33. The average molecular weight is 243 g/mol. The zero-order chi connectivity index (χ0) is 12.3. The van der Waals surface area contributed by atoms with Gasteiger partial charge in [0.2, 0.25) is 0 Å². The normalized spacial score (nSPS) is 10.0. The van der Waals surface area contributed by atoms with Crippen molar-refractivity contribution in [2.24, 2.45) is 0 Å². The molecule has 0 atom stereocenters. The number of aryl methyl sites for hydroxylation is 1. The quantitative estimate of drug-likeness (QED) is 0.821. The van der Waals surface area contributed by atoms with E-state index >= 15 is 0 Å². The number of hydrogen-bond acceptors (Lipinski definition) is 3. The van der Waals surface area contributed by atoms with Crippen LogP contribution in [0.5, 0.6) is 5.75 Å². The number of nitrogen functional groups attached to an aromatic ring is 1. The highest BCUT2D eigenvalue weighted by Crippen LogP contribution is 2.29. The van der Waals surface area contributed by atoms with E-state index in [1.54, 1.807) is 26.2 Å². The van der Waals surface area contributed by atoms with Crippen molar-refractivity contribution < 1.29 is 9.53 Å². The first-order valence-corrected chi connectivity index (χ1v) is 5.18. The van der Waals surface area contributed by atoms with E-state index in [0.717, 1.165) is 5.56 Å². The van der Waals surface area contributed by atoms with Crippen molar-refractivity contribution >= 4 is 23.2 Å². The van der Waals surface area contributed by atoms with Gasteiger partial charge in [0, 0.05) is 25.8 Å². The van der Waals surface area contributed by atoms with E-state index in [1.165, 1.54) is 4.90 Å². The number of nitrogens with two attached hydrogens (primary N) is 1. The lowest BCUT2D eigenvalue weighted by Gasteiger charge is -2.13. The summed E-state index contributed by atoms with van der Waals surface area (Å²) in [6, 6.07) is 3.34. The molecule has 0 aliphatic heterocycles. The lowest BCUT2D eigenvalue weighted by Crippen LogP contribution is -2.27. The van der Waals surface area contributed by atoms with Crippen LogP contribution in [0.25, 0.3) is 0 Å². The van der Waals surface area contributed by atoms with Gasteiger partial charge >= 0.3 is 0 Å². The molecule has 0 aliphatic carbocycles. The fraction of sp³-hybridized carbons (Fsp3) is 0.364. The Morgan fingerprint density at radius 2 is 2.12 bits per heavy atom. The molecule has 1 aromatic rings. The third-order valence-corrected chi connectivity index (χ3v) is 2.47. The number of likely N-dealkylation sites (N-methyl/N-ethyl adjacent to an activating group) is 1. The van der Waals surface area contributed by atoms with Crippen LogP contribution in [0.3, 0.4) is 0 Å². The third-order valence-electron chi connectivity index (χ3n) is 2.17. The number of benzene rings is 1. The third kappa shape index (κ3) is 3.03. The predicted octanol–water partition coefficient (Wildman–Crippen LogP) is 1.70. The Bertz CT molecular complexity index is 405. The number of nitrogens with zero attached hydrogens (tertiary/aromatic N) is 1. The van der Waals surface area contributed by atoms with E-state index in [2.05, 4.69) is 0 Å². The molecule has 16 heavy (non-hydrogen) atoms. The SMILES string of the molecule is Cc1cc(Cl)c(OCC(=O)N(C)C)cc1N. The summed E-state index contributed by atoms with van der Waals surface area (Å²) in [6.07, 6.45) is 0. The second-order valence-corrected chi connectivity index (χ2v) is 4.12. The van der Waals surface area contributed by atoms with Gasteiger partial charge in [-0.3, -0.25) is 4.79 Å². The van der Waals surface area contributed by atoms with Crippen LogP contribution in [-0.4, -0.2) is 31.5 Å². The molecule has 0 aliphatic rings. The molecule has 0 spiro atoms. The highest BCUT2D eigenvalue weighted by molar-refractivity contribution is 6.32. The Hall–Kier alpha value is -1.42. The summed E-state index contributed by atoms with van der Waals surface area (Å²) in [5.74, 6) is 0.301. The summed E-state index contributed by atoms with van der Waals surface area (Å²) < 4.78 is 5.29. The summed E-state index contributed by atoms with van der Waals surface area (Å²) in [4.78, 5) is 12.8. The first-order valence-electron chi connectivity index (χ1n) is 4.80. The van der Waals surface area contributed by atoms with Crippen molar-refractivity contribution in [1.82, 2.24) is 4.90 Å². The maximum absolute atomic E-state index is 11.3. The van der Waals surface area contributed by atoms with Gasteiger partial charge in [-0.1, -0.05) is 11.6 Å². The lowest BCUT2D eigenvalue weighted by atomic mass is 10.2. The summed E-state index contributed by atoms with van der Waals surface area (Å²) in [6.45, 7) is 1.81. The monoisotopic (exact) mass is 242 g/mol. The Balaban J connectivity index is 2.75. The van der Waals surface area contributed by atoms with Gasteiger partial charge in [-0.15, -0.1) is 0 Å². The largest absolute Gasteiger partial charge is 0.482 e. The summed E-state index contributed by atoms with van der Waals surface area (Å²) in [5, 5.41) is 0.457. The molecule has 0 heterocycles. The zero-order valence-corrected chi connectivity index (χ0v) is 10.3. The Morgan fingerprint density at radius 1 is 1.50 bits per heavy atom. The molecule has 0 radical (unpaired) electrons. The zero-order valence-electron chi connectivity index (χ0n) is 9.58. The smallest absolute Gasteiger partial charge is 0.259 e. The molecule has 0 bridgehead atoms. The van der Waals surface area contributed by atoms with Crippen LogP contribution in [0.4, 0.5) is 5.69 Å². The summed E-state index contributed by atoms with van der Waals surface area (Å²) in [5.41, 5.74) is 7.20. The van der Waals surface area contributed by atoms with Crippen LogP contribution in [0, 0.1) is 6.92 Å². The average Bonchev–Trinajstić information content (AvgIpc) is 2.20. The van der Waals surface area contributed by atoms with Gasteiger partial charge in [0.15, 0.2) is 6.61 Å². The molecule has 0 unspecified atom stereocenters. The van der Waals surface area contributed by atoms with E-state index in [-0.39, 0.29) is 12.5 Å². The van der Waals surface area contributed by atoms with Gasteiger partial charge < -0.3 is 15.4 Å². The molecule has 2 N–H and O–H groups in total. The molecule has 0 aromatic heterocycles. The molecule has 0 saturated heterocycles. The van der Waals surface area contributed by atoms with Crippen LogP contribution < -0.4 is 10.5 Å². The summed E-state index contributed by atoms with van der Waals surface area (Å²) >= 11 is 5.96. The van der Waals surface area contributed by atoms with Crippen molar-refractivity contribution in [3.63, 3.8) is 0 Å². The second kappa shape index (κ2) is 5.07. The molecule has 1 rings (SSSR count). The van der Waals surface area contributed by atoms with Crippen molar-refractivity contribution in [2.75, 3.05) is 26.4 Å². The van der Waals surface area contributed by atoms with Crippen LogP contribution >= 0.6 is 11.6 Å². The Kier molecular flexibility index (Phi) is 4.01. The van der Waals surface area contributed by atoms with Crippen molar-refractivity contribution in [3.8, 4) is 5.75 Å². The molecular formula is C11H15ClN2O2. The topological polar surface area (TPSA) is 55.6 Å². The van der Waals surface area contributed by atoms with E-state index < -0.39 is 0 Å². The second-order valence-electron chi connectivity index (χ2n) is 3.72. The number of anilines is 1. The van der Waals surface area contributed by atoms with Gasteiger partial charge in [0.1, 0.15) is 5.75 Å². The first-order chi connectivity index (χ1) is 7.41. The molecular weight excluding hydrogens is 228 g/mol. The predicted molar refractivity (Wildman–Crippen MR) is 64.8 cm³/mol. The molecule has 0 fully saturated rings. The number of halogens is 1.